The maximum absolute atomic E-state index is 13.1. The van der Waals surface area contributed by atoms with Crippen LogP contribution >= 0.6 is 11.3 Å². The standard InChI is InChI=1S/C26H29N5O6S2/c1-4-12-31-22-11-8-20(27-18(3)32)17-23(22)38-25(31)28-24(33)19-6-9-21(10-7-19)39(35,36)30-15-13-29(14-16-30)26(34)37-5-2/h4,6-11,17H,1,5,12-16H2,2-3H3,(H,27,32). The normalized spacial score (nSPS) is 14.8. The summed E-state index contributed by atoms with van der Waals surface area (Å²) in [5.74, 6) is -0.706. The number of benzene rings is 2. The smallest absolute Gasteiger partial charge is 0.409 e. The number of nitrogens with one attached hydrogen (secondary N) is 1. The van der Waals surface area contributed by atoms with Gasteiger partial charge in [0.1, 0.15) is 0 Å². The maximum Gasteiger partial charge on any atom is 0.409 e. The fraction of sp³-hybridized carbons (Fsp3) is 0.308. The summed E-state index contributed by atoms with van der Waals surface area (Å²) in [6.07, 6.45) is 1.24. The first-order valence-corrected chi connectivity index (χ1v) is 14.5. The Kier molecular flexibility index (Phi) is 8.63. The summed E-state index contributed by atoms with van der Waals surface area (Å²) >= 11 is 1.30. The summed E-state index contributed by atoms with van der Waals surface area (Å²) in [7, 11) is -3.80. The first kappa shape index (κ1) is 28.2. The number of amides is 3. The van der Waals surface area contributed by atoms with E-state index >= 15 is 0 Å². The molecule has 1 aliphatic heterocycles. The van der Waals surface area contributed by atoms with E-state index in [1.165, 1.54) is 51.7 Å². The molecule has 0 atom stereocenters. The van der Waals surface area contributed by atoms with E-state index in [9.17, 15) is 22.8 Å². The molecule has 1 aliphatic rings. The molecule has 1 saturated heterocycles. The van der Waals surface area contributed by atoms with Crippen molar-refractivity contribution in [3.05, 3.63) is 65.5 Å². The molecule has 1 fully saturated rings. The molecule has 4 rings (SSSR count). The van der Waals surface area contributed by atoms with Crippen LogP contribution in [0.2, 0.25) is 0 Å². The summed E-state index contributed by atoms with van der Waals surface area (Å²) in [6.45, 7) is 8.38. The van der Waals surface area contributed by atoms with Gasteiger partial charge in [-0.05, 0) is 49.4 Å². The Morgan fingerprint density at radius 1 is 1.10 bits per heavy atom. The molecule has 0 aliphatic carbocycles. The number of aromatic nitrogens is 1. The maximum atomic E-state index is 13.1. The Labute approximate surface area is 230 Å². The number of anilines is 1. The summed E-state index contributed by atoms with van der Waals surface area (Å²) in [6, 6.07) is 11.1. The number of nitrogens with zero attached hydrogens (tertiary/aromatic N) is 4. The topological polar surface area (TPSA) is 130 Å². The van der Waals surface area contributed by atoms with Crippen molar-refractivity contribution < 1.29 is 27.5 Å². The number of rotatable bonds is 7. The molecule has 1 N–H and O–H groups in total. The molecule has 2 heterocycles. The van der Waals surface area contributed by atoms with Crippen LogP contribution in [0.4, 0.5) is 10.5 Å². The Hall–Kier alpha value is -3.81. The molecule has 3 aromatic rings. The van der Waals surface area contributed by atoms with Crippen molar-refractivity contribution in [2.24, 2.45) is 4.99 Å². The summed E-state index contributed by atoms with van der Waals surface area (Å²) in [5.41, 5.74) is 1.71. The Bertz CT molecular complexity index is 1580. The highest BCUT2D eigenvalue weighted by molar-refractivity contribution is 7.89. The van der Waals surface area contributed by atoms with Crippen LogP contribution in [-0.4, -0.2) is 72.9 Å². The molecule has 3 amide bonds. The number of sulfonamides is 1. The van der Waals surface area contributed by atoms with Gasteiger partial charge in [0.2, 0.25) is 15.9 Å². The van der Waals surface area contributed by atoms with Crippen molar-refractivity contribution in [1.82, 2.24) is 13.8 Å². The fourth-order valence-corrected chi connectivity index (χ4v) is 6.64. The minimum Gasteiger partial charge on any atom is -0.450 e. The van der Waals surface area contributed by atoms with Crippen LogP contribution in [0.25, 0.3) is 10.2 Å². The van der Waals surface area contributed by atoms with Crippen LogP contribution in [0.15, 0.2) is 65.0 Å². The van der Waals surface area contributed by atoms with E-state index in [1.807, 2.05) is 16.7 Å². The van der Waals surface area contributed by atoms with Gasteiger partial charge in [0.25, 0.3) is 5.91 Å². The van der Waals surface area contributed by atoms with Crippen molar-refractivity contribution in [3.63, 3.8) is 0 Å². The molecule has 2 aromatic carbocycles. The quantitative estimate of drug-likeness (QED) is 0.434. The lowest BCUT2D eigenvalue weighted by Crippen LogP contribution is -2.50. The van der Waals surface area contributed by atoms with Gasteiger partial charge in [-0.2, -0.15) is 9.30 Å². The van der Waals surface area contributed by atoms with E-state index in [-0.39, 0.29) is 49.2 Å². The van der Waals surface area contributed by atoms with E-state index in [1.54, 1.807) is 19.1 Å². The van der Waals surface area contributed by atoms with Gasteiger partial charge in [-0.1, -0.05) is 17.4 Å². The van der Waals surface area contributed by atoms with E-state index in [4.69, 9.17) is 4.74 Å². The van der Waals surface area contributed by atoms with Crippen LogP contribution < -0.4 is 10.1 Å². The lowest BCUT2D eigenvalue weighted by molar-refractivity contribution is -0.114. The number of carbonyl (C=O) groups is 3. The van der Waals surface area contributed by atoms with E-state index in [0.29, 0.717) is 17.0 Å². The third kappa shape index (κ3) is 6.27. The first-order chi connectivity index (χ1) is 18.6. The molecular weight excluding hydrogens is 542 g/mol. The molecular formula is C26H29N5O6S2. The van der Waals surface area contributed by atoms with Crippen molar-refractivity contribution in [2.45, 2.75) is 25.3 Å². The average Bonchev–Trinajstić information content (AvgIpc) is 3.24. The molecule has 0 unspecified atom stereocenters. The summed E-state index contributed by atoms with van der Waals surface area (Å²) in [4.78, 5) is 42.6. The van der Waals surface area contributed by atoms with Crippen LogP contribution in [-0.2, 0) is 26.1 Å². The summed E-state index contributed by atoms with van der Waals surface area (Å²) < 4.78 is 35.2. The van der Waals surface area contributed by atoms with Gasteiger partial charge in [-0.3, -0.25) is 9.59 Å². The third-order valence-corrected chi connectivity index (χ3v) is 8.97. The molecule has 0 radical (unpaired) electrons. The van der Waals surface area contributed by atoms with Gasteiger partial charge < -0.3 is 19.5 Å². The van der Waals surface area contributed by atoms with E-state index in [2.05, 4.69) is 16.9 Å². The molecule has 206 valence electrons. The van der Waals surface area contributed by atoms with Gasteiger partial charge >= 0.3 is 6.09 Å². The minimum absolute atomic E-state index is 0.0534. The molecule has 39 heavy (non-hydrogen) atoms. The van der Waals surface area contributed by atoms with Gasteiger partial charge in [0, 0.05) is 50.9 Å². The highest BCUT2D eigenvalue weighted by Gasteiger charge is 2.30. The van der Waals surface area contributed by atoms with Gasteiger partial charge in [-0.15, -0.1) is 6.58 Å². The highest BCUT2D eigenvalue weighted by atomic mass is 32.2. The van der Waals surface area contributed by atoms with Crippen LogP contribution in [0.1, 0.15) is 24.2 Å². The monoisotopic (exact) mass is 571 g/mol. The second kappa shape index (κ2) is 11.9. The average molecular weight is 572 g/mol. The predicted octanol–water partition coefficient (Wildman–Crippen LogP) is 3.05. The Morgan fingerprint density at radius 3 is 2.41 bits per heavy atom. The van der Waals surface area contributed by atoms with E-state index < -0.39 is 22.0 Å². The predicted molar refractivity (Wildman–Crippen MR) is 148 cm³/mol. The molecule has 11 nitrogen and oxygen atoms in total. The van der Waals surface area contributed by atoms with Crippen LogP contribution in [0.5, 0.6) is 0 Å². The second-order valence-electron chi connectivity index (χ2n) is 8.68. The van der Waals surface area contributed by atoms with Crippen molar-refractivity contribution >= 4 is 55.2 Å². The molecule has 0 spiro atoms. The number of allylic oxidation sites excluding steroid dienone is 1. The van der Waals surface area contributed by atoms with E-state index in [0.717, 1.165) is 10.2 Å². The van der Waals surface area contributed by atoms with Gasteiger partial charge in [0.15, 0.2) is 4.80 Å². The number of hydrogen-bond donors (Lipinski definition) is 1. The number of carbonyl (C=O) groups excluding carboxylic acids is 3. The zero-order valence-corrected chi connectivity index (χ0v) is 23.3. The molecule has 13 heteroatoms. The zero-order valence-electron chi connectivity index (χ0n) is 21.6. The van der Waals surface area contributed by atoms with Crippen molar-refractivity contribution in [1.29, 1.82) is 0 Å². The first-order valence-electron chi connectivity index (χ1n) is 12.3. The molecule has 1 aromatic heterocycles. The second-order valence-corrected chi connectivity index (χ2v) is 11.6. The largest absolute Gasteiger partial charge is 0.450 e. The minimum atomic E-state index is -3.80. The number of thiazole rings is 1. The molecule has 0 saturated carbocycles. The van der Waals surface area contributed by atoms with Crippen LogP contribution in [0.3, 0.4) is 0 Å². The zero-order chi connectivity index (χ0) is 28.2. The number of fused-ring (bicyclic) bond motifs is 1. The lowest BCUT2D eigenvalue weighted by atomic mass is 10.2. The number of hydrogen-bond acceptors (Lipinski definition) is 7. The van der Waals surface area contributed by atoms with Crippen LogP contribution in [0, 0.1) is 0 Å². The summed E-state index contributed by atoms with van der Waals surface area (Å²) in [5, 5.41) is 2.74. The van der Waals surface area contributed by atoms with Gasteiger partial charge in [-0.25, -0.2) is 13.2 Å². The third-order valence-electron chi connectivity index (χ3n) is 6.02. The van der Waals surface area contributed by atoms with Crippen molar-refractivity contribution in [2.75, 3.05) is 38.1 Å². The van der Waals surface area contributed by atoms with Crippen molar-refractivity contribution in [3.8, 4) is 0 Å². The Morgan fingerprint density at radius 2 is 1.79 bits per heavy atom. The number of ether oxygens (including phenoxy) is 1. The lowest BCUT2D eigenvalue weighted by Gasteiger charge is -2.33. The SMILES string of the molecule is C=CCn1c(=NC(=O)c2ccc(S(=O)(=O)N3CCN(C(=O)OCC)CC3)cc2)sc2cc(NC(C)=O)ccc21. The highest BCUT2D eigenvalue weighted by Crippen LogP contribution is 2.23. The van der Waals surface area contributed by atoms with Gasteiger partial charge in [0.05, 0.1) is 21.7 Å². The Balaban J connectivity index is 1.54. The fourth-order valence-electron chi connectivity index (χ4n) is 4.14. The molecule has 0 bridgehead atoms. The number of piperazine rings is 1.